The van der Waals surface area contributed by atoms with Crippen LogP contribution in [0.4, 0.5) is 0 Å². The van der Waals surface area contributed by atoms with Gasteiger partial charge in [0, 0.05) is 38.1 Å². The normalized spacial score (nSPS) is 17.6. The number of hydrogen-bond donors (Lipinski definition) is 0. The van der Waals surface area contributed by atoms with Crippen LogP contribution in [0, 0.1) is 0 Å². The summed E-state index contributed by atoms with van der Waals surface area (Å²) in [5.41, 5.74) is 0.249. The average Bonchev–Trinajstić information content (AvgIpc) is 2.57. The molecule has 0 aromatic rings. The molecule has 0 radical (unpaired) electrons. The molecule has 4 nitrogen and oxygen atoms in total. The summed E-state index contributed by atoms with van der Waals surface area (Å²) in [4.78, 5) is 2.75. The van der Waals surface area contributed by atoms with E-state index in [1.165, 1.54) is 45.1 Å². The van der Waals surface area contributed by atoms with Crippen LogP contribution in [0.15, 0.2) is 0 Å². The molecule has 0 bridgehead atoms. The van der Waals surface area contributed by atoms with Crippen LogP contribution in [0.2, 0.25) is 19.1 Å². The van der Waals surface area contributed by atoms with E-state index in [0.717, 1.165) is 24.7 Å². The Balaban J connectivity index is 2.50. The maximum atomic E-state index is 6.12. The van der Waals surface area contributed by atoms with Gasteiger partial charge in [0.25, 0.3) is 0 Å². The van der Waals surface area contributed by atoms with Gasteiger partial charge in [-0.2, -0.15) is 0 Å². The Kier molecular flexibility index (Phi) is 10.4. The highest BCUT2D eigenvalue weighted by atomic mass is 28.4. The van der Waals surface area contributed by atoms with Gasteiger partial charge >= 0.3 is 8.80 Å². The summed E-state index contributed by atoms with van der Waals surface area (Å²) in [5, 5.41) is 0. The average molecular weight is 390 g/mol. The van der Waals surface area contributed by atoms with Gasteiger partial charge in [-0.05, 0) is 53.0 Å². The van der Waals surface area contributed by atoms with Crippen molar-refractivity contribution in [3.8, 4) is 0 Å². The lowest BCUT2D eigenvalue weighted by Gasteiger charge is -2.43. The first-order valence-corrected chi connectivity index (χ1v) is 15.3. The zero-order valence-corrected chi connectivity index (χ0v) is 20.1. The van der Waals surface area contributed by atoms with E-state index < -0.39 is 17.6 Å². The molecule has 0 amide bonds. The Morgan fingerprint density at radius 2 is 1.60 bits per heavy atom. The van der Waals surface area contributed by atoms with E-state index in [1.807, 2.05) is 0 Å². The minimum Gasteiger partial charge on any atom is -0.377 e. The smallest absolute Gasteiger partial charge is 0.377 e. The Morgan fingerprint density at radius 1 is 1.00 bits per heavy atom. The van der Waals surface area contributed by atoms with Crippen LogP contribution in [0.1, 0.15) is 65.7 Å². The molecule has 0 atom stereocenters. The third-order valence-electron chi connectivity index (χ3n) is 5.27. The summed E-state index contributed by atoms with van der Waals surface area (Å²) in [5.74, 6) is 0. The molecule has 1 aliphatic rings. The second kappa shape index (κ2) is 11.2. The van der Waals surface area contributed by atoms with Crippen molar-refractivity contribution in [2.24, 2.45) is 0 Å². The fourth-order valence-corrected chi connectivity index (χ4v) is 7.84. The topological polar surface area (TPSA) is 30.9 Å². The maximum Gasteiger partial charge on any atom is 0.500 e. The quantitative estimate of drug-likeness (QED) is 0.385. The molecule has 150 valence electrons. The van der Waals surface area contributed by atoms with Gasteiger partial charge in [-0.25, -0.2) is 0 Å². The predicted octanol–water partition coefficient (Wildman–Crippen LogP) is 4.47. The molecule has 0 N–H and O–H groups in total. The molecule has 1 rings (SSSR count). The summed E-state index contributed by atoms with van der Waals surface area (Å²) in [6.45, 7) is 12.9. The highest BCUT2D eigenvalue weighted by molar-refractivity contribution is 6.63. The van der Waals surface area contributed by atoms with E-state index in [-0.39, 0.29) is 5.54 Å². The van der Waals surface area contributed by atoms with Gasteiger partial charge in [-0.3, -0.25) is 4.90 Å². The Morgan fingerprint density at radius 3 is 2.08 bits per heavy atom. The van der Waals surface area contributed by atoms with E-state index in [4.69, 9.17) is 13.3 Å². The maximum absolute atomic E-state index is 6.12. The van der Waals surface area contributed by atoms with Gasteiger partial charge < -0.3 is 13.3 Å². The van der Waals surface area contributed by atoms with Crippen molar-refractivity contribution in [1.29, 1.82) is 0 Å². The lowest BCUT2D eigenvalue weighted by molar-refractivity contribution is 0.0580. The third kappa shape index (κ3) is 8.22. The molecule has 0 spiro atoms. The molecule has 0 heterocycles. The van der Waals surface area contributed by atoms with Crippen LogP contribution in [0.25, 0.3) is 0 Å². The fourth-order valence-electron chi connectivity index (χ4n) is 3.85. The van der Waals surface area contributed by atoms with E-state index in [0.29, 0.717) is 0 Å². The molecule has 0 saturated heterocycles. The first kappa shape index (κ1) is 23.3. The zero-order chi connectivity index (χ0) is 18.9. The molecule has 0 unspecified atom stereocenters. The predicted molar refractivity (Wildman–Crippen MR) is 112 cm³/mol. The number of unbranched alkanes of at least 4 members (excludes halogenated alkanes) is 1. The monoisotopic (exact) mass is 389 g/mol. The molecule has 0 aromatic heterocycles. The van der Waals surface area contributed by atoms with Crippen LogP contribution in [-0.2, 0) is 13.3 Å². The summed E-state index contributed by atoms with van der Waals surface area (Å²) < 4.78 is 17.6. The minimum absolute atomic E-state index is 0.249. The number of hydrogen-bond acceptors (Lipinski definition) is 4. The van der Waals surface area contributed by atoms with Crippen LogP contribution < -0.4 is 0 Å². The van der Waals surface area contributed by atoms with Crippen molar-refractivity contribution in [3.63, 3.8) is 0 Å². The van der Waals surface area contributed by atoms with Crippen molar-refractivity contribution < 1.29 is 13.3 Å². The highest BCUT2D eigenvalue weighted by Crippen LogP contribution is 2.29. The van der Waals surface area contributed by atoms with E-state index in [9.17, 15) is 0 Å². The first-order valence-electron chi connectivity index (χ1n) is 10.2. The zero-order valence-electron chi connectivity index (χ0n) is 17.9. The van der Waals surface area contributed by atoms with Crippen molar-refractivity contribution in [2.45, 2.75) is 96.4 Å². The van der Waals surface area contributed by atoms with Crippen molar-refractivity contribution >= 4 is 17.6 Å². The molecule has 6 heteroatoms. The Labute approximate surface area is 159 Å². The van der Waals surface area contributed by atoms with E-state index >= 15 is 0 Å². The Hall–Kier alpha value is 0.274. The van der Waals surface area contributed by atoms with Crippen molar-refractivity contribution in [3.05, 3.63) is 0 Å². The highest BCUT2D eigenvalue weighted by Gasteiger charge is 2.38. The summed E-state index contributed by atoms with van der Waals surface area (Å²) >= 11 is 0. The van der Waals surface area contributed by atoms with Crippen LogP contribution in [0.3, 0.4) is 0 Å². The first-order chi connectivity index (χ1) is 11.7. The molecular formula is C19H43NO3Si2. The largest absolute Gasteiger partial charge is 0.500 e. The van der Waals surface area contributed by atoms with Gasteiger partial charge in [0.15, 0.2) is 0 Å². The van der Waals surface area contributed by atoms with Gasteiger partial charge in [0.1, 0.15) is 0 Å². The molecule has 1 aliphatic carbocycles. The third-order valence-corrected chi connectivity index (χ3v) is 9.25. The van der Waals surface area contributed by atoms with Gasteiger partial charge in [0.05, 0.1) is 8.80 Å². The summed E-state index contributed by atoms with van der Waals surface area (Å²) in [6.07, 6.45) is 10.1. The van der Waals surface area contributed by atoms with Gasteiger partial charge in [0.2, 0.25) is 0 Å². The van der Waals surface area contributed by atoms with Gasteiger partial charge in [-0.1, -0.05) is 32.4 Å². The summed E-state index contributed by atoms with van der Waals surface area (Å²) in [7, 11) is 0.301. The second-order valence-electron chi connectivity index (χ2n) is 8.91. The van der Waals surface area contributed by atoms with Crippen molar-refractivity contribution in [1.82, 2.24) is 4.90 Å². The van der Waals surface area contributed by atoms with Gasteiger partial charge in [-0.15, -0.1) is 0 Å². The van der Waals surface area contributed by atoms with E-state index in [1.54, 1.807) is 14.2 Å². The molecule has 0 aromatic carbocycles. The fraction of sp³-hybridized carbons (Fsp3) is 1.00. The Bertz CT molecular complexity index is 351. The molecule has 1 saturated carbocycles. The molecular weight excluding hydrogens is 346 g/mol. The molecule has 1 fully saturated rings. The summed E-state index contributed by atoms with van der Waals surface area (Å²) in [6, 6.07) is 1.70. The number of nitrogens with zero attached hydrogens (tertiary/aromatic N) is 1. The van der Waals surface area contributed by atoms with Crippen LogP contribution >= 0.6 is 0 Å². The second-order valence-corrected chi connectivity index (χ2v) is 15.0. The molecule has 0 aliphatic heterocycles. The lowest BCUT2D eigenvalue weighted by Crippen LogP contribution is -2.49. The standard InChI is InChI=1S/C19H43NO3Si2/c1-19(2,3)20(18-13-9-8-10-14-18)15-11-12-16-25(21-4,22-5)23-17-24(6)7/h18,24H,8-17H2,1-7H3. The van der Waals surface area contributed by atoms with Crippen LogP contribution in [-0.4, -0.2) is 61.1 Å². The number of rotatable bonds is 11. The van der Waals surface area contributed by atoms with E-state index in [2.05, 4.69) is 38.8 Å². The lowest BCUT2D eigenvalue weighted by atomic mass is 9.90. The van der Waals surface area contributed by atoms with Crippen LogP contribution in [0.5, 0.6) is 0 Å². The van der Waals surface area contributed by atoms with Crippen molar-refractivity contribution in [2.75, 3.05) is 27.0 Å². The SMILES string of the molecule is CO[Si](CCCCN(C1CCCCC1)C(C)(C)C)(OC)OC[SiH](C)C. The molecule has 25 heavy (non-hydrogen) atoms. The minimum atomic E-state index is -2.45.